The Morgan fingerprint density at radius 3 is 2.10 bits per heavy atom. The van der Waals surface area contributed by atoms with Gasteiger partial charge in [-0.15, -0.1) is 0 Å². The quantitative estimate of drug-likeness (QED) is 0.622. The smallest absolute Gasteiger partial charge is 0.211 e. The minimum absolute atomic E-state index is 0.562. The molecule has 1 rings (SSSR count). The number of nitrogens with zero attached hydrogens (tertiary/aromatic N) is 1. The zero-order valence-electron chi connectivity index (χ0n) is 5.82. The second-order valence-electron chi connectivity index (χ2n) is 2.40. The molecule has 0 saturated carbocycles. The molecule has 10 heavy (non-hydrogen) atoms. The Morgan fingerprint density at radius 1 is 1.50 bits per heavy atom. The first kappa shape index (κ1) is 8.36. The summed E-state index contributed by atoms with van der Waals surface area (Å²) in [6.45, 7) is 2.93. The van der Waals surface area contributed by atoms with E-state index in [0.29, 0.717) is 13.1 Å². The lowest BCUT2D eigenvalue weighted by Crippen LogP contribution is -2.44. The average molecular weight is 181 g/mol. The SMILES string of the molecule is CC(S)S(=O)(=O)N1CCC1. The third-order valence-corrected chi connectivity index (χ3v) is 4.35. The molecule has 0 bridgehead atoms. The van der Waals surface area contributed by atoms with Gasteiger partial charge in [0.2, 0.25) is 10.0 Å². The van der Waals surface area contributed by atoms with Crippen molar-refractivity contribution < 1.29 is 8.42 Å². The zero-order chi connectivity index (χ0) is 7.78. The summed E-state index contributed by atoms with van der Waals surface area (Å²) in [6.07, 6.45) is 0.986. The van der Waals surface area contributed by atoms with Gasteiger partial charge in [-0.05, 0) is 13.3 Å². The van der Waals surface area contributed by atoms with E-state index in [1.807, 2.05) is 0 Å². The summed E-state index contributed by atoms with van der Waals surface area (Å²) in [7, 11) is -3.04. The molecule has 0 aliphatic carbocycles. The summed E-state index contributed by atoms with van der Waals surface area (Å²) < 4.78 is 23.2. The Labute approximate surface area is 66.9 Å². The normalized spacial score (nSPS) is 23.8. The second-order valence-corrected chi connectivity index (χ2v) is 5.77. The molecular weight excluding hydrogens is 170 g/mol. The Kier molecular flexibility index (Phi) is 2.27. The van der Waals surface area contributed by atoms with E-state index in [1.165, 1.54) is 4.31 Å². The van der Waals surface area contributed by atoms with E-state index in [4.69, 9.17) is 0 Å². The van der Waals surface area contributed by atoms with Crippen LogP contribution in [0.1, 0.15) is 13.3 Å². The minimum atomic E-state index is -3.04. The van der Waals surface area contributed by atoms with Crippen LogP contribution < -0.4 is 0 Å². The second kappa shape index (κ2) is 2.71. The van der Waals surface area contributed by atoms with Crippen molar-refractivity contribution in [1.82, 2.24) is 4.31 Å². The lowest BCUT2D eigenvalue weighted by molar-refractivity contribution is 0.309. The van der Waals surface area contributed by atoms with E-state index in [-0.39, 0.29) is 0 Å². The number of hydrogen-bond acceptors (Lipinski definition) is 3. The topological polar surface area (TPSA) is 37.4 Å². The minimum Gasteiger partial charge on any atom is -0.211 e. The highest BCUT2D eigenvalue weighted by Gasteiger charge is 2.30. The molecule has 0 amide bonds. The number of rotatable bonds is 2. The van der Waals surface area contributed by atoms with Crippen LogP contribution in [0.15, 0.2) is 0 Å². The summed E-state index contributed by atoms with van der Waals surface area (Å²) >= 11 is 3.88. The molecule has 0 radical (unpaired) electrons. The van der Waals surface area contributed by atoms with E-state index in [1.54, 1.807) is 6.92 Å². The monoisotopic (exact) mass is 181 g/mol. The first-order chi connectivity index (χ1) is 4.55. The summed E-state index contributed by atoms with van der Waals surface area (Å²) in [5, 5.41) is 0. The third kappa shape index (κ3) is 1.31. The summed E-state index contributed by atoms with van der Waals surface area (Å²) in [5.74, 6) is 0. The summed E-state index contributed by atoms with van der Waals surface area (Å²) in [5.41, 5.74) is 0. The molecule has 0 aromatic rings. The molecule has 1 unspecified atom stereocenters. The largest absolute Gasteiger partial charge is 0.225 e. The Balaban J connectivity index is 2.68. The van der Waals surface area contributed by atoms with Crippen molar-refractivity contribution in [2.45, 2.75) is 17.9 Å². The molecule has 1 fully saturated rings. The van der Waals surface area contributed by atoms with Gasteiger partial charge < -0.3 is 0 Å². The van der Waals surface area contributed by atoms with Gasteiger partial charge in [0.05, 0.1) is 0 Å². The van der Waals surface area contributed by atoms with Crippen molar-refractivity contribution in [3.63, 3.8) is 0 Å². The van der Waals surface area contributed by atoms with Gasteiger partial charge >= 0.3 is 0 Å². The van der Waals surface area contributed by atoms with Gasteiger partial charge in [-0.1, -0.05) is 0 Å². The predicted octanol–water partition coefficient (Wildman–Crippen LogP) is 0.298. The standard InChI is InChI=1S/C5H11NO2S2/c1-5(9)10(7,8)6-3-2-4-6/h5,9H,2-4H2,1H3. The van der Waals surface area contributed by atoms with E-state index in [9.17, 15) is 8.42 Å². The number of hydrogen-bond donors (Lipinski definition) is 1. The fraction of sp³-hybridized carbons (Fsp3) is 1.00. The molecule has 5 heteroatoms. The van der Waals surface area contributed by atoms with Gasteiger partial charge in [0.25, 0.3) is 0 Å². The maximum atomic E-state index is 11.2. The molecule has 0 aromatic heterocycles. The van der Waals surface area contributed by atoms with Crippen molar-refractivity contribution in [2.24, 2.45) is 0 Å². The van der Waals surface area contributed by atoms with Crippen molar-refractivity contribution in [3.05, 3.63) is 0 Å². The van der Waals surface area contributed by atoms with Gasteiger partial charge in [0, 0.05) is 13.1 Å². The number of thiol groups is 1. The van der Waals surface area contributed by atoms with Crippen LogP contribution in [0.4, 0.5) is 0 Å². The Bertz CT molecular complexity index is 206. The summed E-state index contributed by atoms with van der Waals surface area (Å²) in [6, 6.07) is 0. The van der Waals surface area contributed by atoms with Gasteiger partial charge in [-0.3, -0.25) is 0 Å². The van der Waals surface area contributed by atoms with Crippen LogP contribution in [0.5, 0.6) is 0 Å². The predicted molar refractivity (Wildman–Crippen MR) is 43.6 cm³/mol. The Hall–Kier alpha value is 0.260. The molecule has 1 heterocycles. The van der Waals surface area contributed by atoms with Crippen molar-refractivity contribution in [2.75, 3.05) is 13.1 Å². The molecular formula is C5H11NO2S2. The van der Waals surface area contributed by atoms with Crippen LogP contribution in [0.25, 0.3) is 0 Å². The van der Waals surface area contributed by atoms with E-state index < -0.39 is 14.6 Å². The van der Waals surface area contributed by atoms with Crippen LogP contribution in [-0.2, 0) is 10.0 Å². The van der Waals surface area contributed by atoms with Gasteiger partial charge in [-0.25, -0.2) is 12.7 Å². The van der Waals surface area contributed by atoms with Gasteiger partial charge in [-0.2, -0.15) is 12.6 Å². The maximum Gasteiger partial charge on any atom is 0.225 e. The first-order valence-electron chi connectivity index (χ1n) is 3.22. The lowest BCUT2D eigenvalue weighted by atomic mass is 10.3. The highest BCUT2D eigenvalue weighted by Crippen LogP contribution is 2.18. The van der Waals surface area contributed by atoms with Crippen molar-refractivity contribution >= 4 is 22.7 Å². The lowest BCUT2D eigenvalue weighted by Gasteiger charge is -2.30. The highest BCUT2D eigenvalue weighted by molar-refractivity contribution is 8.03. The first-order valence-corrected chi connectivity index (χ1v) is 5.24. The van der Waals surface area contributed by atoms with E-state index in [0.717, 1.165) is 6.42 Å². The molecule has 0 aromatic carbocycles. The maximum absolute atomic E-state index is 11.2. The molecule has 60 valence electrons. The van der Waals surface area contributed by atoms with Crippen LogP contribution in [-0.4, -0.2) is 30.4 Å². The van der Waals surface area contributed by atoms with E-state index >= 15 is 0 Å². The highest BCUT2D eigenvalue weighted by atomic mass is 32.3. The molecule has 1 aliphatic rings. The molecule has 1 aliphatic heterocycles. The fourth-order valence-corrected chi connectivity index (χ4v) is 2.36. The molecule has 0 spiro atoms. The van der Waals surface area contributed by atoms with Crippen LogP contribution >= 0.6 is 12.6 Å². The van der Waals surface area contributed by atoms with Crippen LogP contribution in [0.2, 0.25) is 0 Å². The zero-order valence-corrected chi connectivity index (χ0v) is 7.53. The van der Waals surface area contributed by atoms with Gasteiger partial charge in [0.15, 0.2) is 0 Å². The molecule has 1 atom stereocenters. The Morgan fingerprint density at radius 2 is 2.00 bits per heavy atom. The van der Waals surface area contributed by atoms with Crippen molar-refractivity contribution in [3.8, 4) is 0 Å². The van der Waals surface area contributed by atoms with Crippen molar-refractivity contribution in [1.29, 1.82) is 0 Å². The van der Waals surface area contributed by atoms with E-state index in [2.05, 4.69) is 12.6 Å². The van der Waals surface area contributed by atoms with Gasteiger partial charge in [0.1, 0.15) is 4.58 Å². The average Bonchev–Trinajstić information content (AvgIpc) is 1.57. The molecule has 1 saturated heterocycles. The van der Waals surface area contributed by atoms with Crippen LogP contribution in [0.3, 0.4) is 0 Å². The molecule has 0 N–H and O–H groups in total. The van der Waals surface area contributed by atoms with Crippen LogP contribution in [0, 0.1) is 0 Å². The third-order valence-electron chi connectivity index (χ3n) is 1.61. The fourth-order valence-electron chi connectivity index (χ4n) is 0.757. The number of sulfonamides is 1. The summed E-state index contributed by atoms with van der Waals surface area (Å²) in [4.78, 5) is 0. The molecule has 3 nitrogen and oxygen atoms in total.